The van der Waals surface area contributed by atoms with E-state index in [0.717, 1.165) is 24.3 Å². The van der Waals surface area contributed by atoms with E-state index >= 15 is 0 Å². The van der Waals surface area contributed by atoms with E-state index in [-0.39, 0.29) is 17.8 Å². The minimum Gasteiger partial charge on any atom is -0.465 e. The zero-order valence-corrected chi connectivity index (χ0v) is 11.0. The van der Waals surface area contributed by atoms with Gasteiger partial charge in [-0.3, -0.25) is 10.1 Å². The minimum absolute atomic E-state index is 0.180. The predicted octanol–water partition coefficient (Wildman–Crippen LogP) is 2.36. The topological polar surface area (TPSA) is 92.9 Å². The smallest absolute Gasteiger partial charge is 0.423 e. The molecule has 7 nitrogen and oxygen atoms in total. The van der Waals surface area contributed by atoms with Crippen LogP contribution in [0.1, 0.15) is 5.56 Å². The molecule has 1 atom stereocenters. The van der Waals surface area contributed by atoms with Crippen molar-refractivity contribution >= 4 is 11.8 Å². The lowest BCUT2D eigenvalue weighted by atomic mass is 9.90. The van der Waals surface area contributed by atoms with Crippen molar-refractivity contribution in [2.45, 2.75) is 11.8 Å². The summed E-state index contributed by atoms with van der Waals surface area (Å²) in [4.78, 5) is 21.4. The van der Waals surface area contributed by atoms with E-state index in [1.165, 1.54) is 0 Å². The summed E-state index contributed by atoms with van der Waals surface area (Å²) in [7, 11) is 0. The molecule has 10 heteroatoms. The number of ether oxygens (including phenoxy) is 1. The van der Waals surface area contributed by atoms with Crippen LogP contribution < -0.4 is 0 Å². The Kier molecular flexibility index (Phi) is 3.96. The van der Waals surface area contributed by atoms with E-state index in [1.54, 1.807) is 0 Å². The minimum atomic E-state index is -4.88. The Morgan fingerprint density at radius 2 is 1.95 bits per heavy atom. The molecule has 1 aromatic rings. The van der Waals surface area contributed by atoms with Gasteiger partial charge in [0, 0.05) is 18.7 Å². The SMILES string of the molecule is O=C(O)N1CCOC(c2ccc([N+](=O)[O-])cc2)(C(F)(F)F)C1. The molecule has 0 aliphatic carbocycles. The Morgan fingerprint density at radius 3 is 2.41 bits per heavy atom. The van der Waals surface area contributed by atoms with Crippen LogP contribution in [0.2, 0.25) is 0 Å². The summed E-state index contributed by atoms with van der Waals surface area (Å²) in [6.45, 7) is -1.54. The third kappa shape index (κ3) is 2.69. The average molecular weight is 320 g/mol. The molecule has 22 heavy (non-hydrogen) atoms. The third-order valence-corrected chi connectivity index (χ3v) is 3.40. The standard InChI is InChI=1S/C12H11F3N2O5/c13-12(14,15)11(7-16(10(18)19)5-6-22-11)8-1-3-9(4-2-8)17(20)21/h1-4H,5-7H2,(H,18,19). The highest BCUT2D eigenvalue weighted by Gasteiger charge is 2.60. The van der Waals surface area contributed by atoms with Gasteiger partial charge in [0.15, 0.2) is 0 Å². The maximum atomic E-state index is 13.5. The number of rotatable bonds is 2. The molecule has 0 saturated carbocycles. The fraction of sp³-hybridized carbons (Fsp3) is 0.417. The fourth-order valence-electron chi connectivity index (χ4n) is 2.25. The van der Waals surface area contributed by atoms with Crippen molar-refractivity contribution in [1.29, 1.82) is 0 Å². The number of amides is 1. The summed E-state index contributed by atoms with van der Waals surface area (Å²) in [5.74, 6) is 0. The highest BCUT2D eigenvalue weighted by molar-refractivity contribution is 5.65. The average Bonchev–Trinajstić information content (AvgIpc) is 2.46. The Bertz CT molecular complexity index is 589. The molecule has 0 aromatic heterocycles. The van der Waals surface area contributed by atoms with E-state index in [9.17, 15) is 28.1 Å². The molecule has 1 fully saturated rings. The monoisotopic (exact) mass is 320 g/mol. The second-order valence-corrected chi connectivity index (χ2v) is 4.68. The van der Waals surface area contributed by atoms with Gasteiger partial charge in [-0.1, -0.05) is 0 Å². The number of morpholine rings is 1. The van der Waals surface area contributed by atoms with Gasteiger partial charge in [-0.2, -0.15) is 13.2 Å². The number of nitro benzene ring substituents is 1. The second-order valence-electron chi connectivity index (χ2n) is 4.68. The molecule has 1 heterocycles. The molecule has 0 bridgehead atoms. The lowest BCUT2D eigenvalue weighted by Gasteiger charge is -2.42. The van der Waals surface area contributed by atoms with E-state index in [4.69, 9.17) is 9.84 Å². The predicted molar refractivity (Wildman–Crippen MR) is 66.4 cm³/mol. The molecule has 1 N–H and O–H groups in total. The first-order valence-corrected chi connectivity index (χ1v) is 6.11. The molecular formula is C12H11F3N2O5. The van der Waals surface area contributed by atoms with E-state index in [1.807, 2.05) is 0 Å². The van der Waals surface area contributed by atoms with Crippen LogP contribution in [0, 0.1) is 10.1 Å². The molecule has 1 amide bonds. The van der Waals surface area contributed by atoms with Gasteiger partial charge in [0.05, 0.1) is 18.1 Å². The highest BCUT2D eigenvalue weighted by Crippen LogP contribution is 2.44. The molecule has 1 unspecified atom stereocenters. The number of carbonyl (C=O) groups is 1. The molecule has 1 aliphatic rings. The van der Waals surface area contributed by atoms with Gasteiger partial charge in [0.25, 0.3) is 5.69 Å². The molecule has 120 valence electrons. The maximum absolute atomic E-state index is 13.5. The Morgan fingerprint density at radius 1 is 1.36 bits per heavy atom. The van der Waals surface area contributed by atoms with Crippen LogP contribution in [0.15, 0.2) is 24.3 Å². The summed E-state index contributed by atoms with van der Waals surface area (Å²) in [5, 5.41) is 19.5. The lowest BCUT2D eigenvalue weighted by molar-refractivity contribution is -0.385. The largest absolute Gasteiger partial charge is 0.465 e. The molecule has 0 spiro atoms. The number of hydrogen-bond donors (Lipinski definition) is 1. The summed E-state index contributed by atoms with van der Waals surface area (Å²) >= 11 is 0. The fourth-order valence-corrected chi connectivity index (χ4v) is 2.25. The number of nitro groups is 1. The van der Waals surface area contributed by atoms with Crippen molar-refractivity contribution in [3.63, 3.8) is 0 Å². The van der Waals surface area contributed by atoms with Crippen molar-refractivity contribution in [2.75, 3.05) is 19.7 Å². The Hall–Kier alpha value is -2.36. The first-order valence-electron chi connectivity index (χ1n) is 6.11. The summed E-state index contributed by atoms with van der Waals surface area (Å²) in [6.07, 6.45) is -6.36. The van der Waals surface area contributed by atoms with Gasteiger partial charge in [-0.25, -0.2) is 4.79 Å². The number of carboxylic acid groups (broad SMARTS) is 1. The lowest BCUT2D eigenvalue weighted by Crippen LogP contribution is -2.58. The number of hydrogen-bond acceptors (Lipinski definition) is 4. The third-order valence-electron chi connectivity index (χ3n) is 3.40. The van der Waals surface area contributed by atoms with Crippen molar-refractivity contribution in [3.8, 4) is 0 Å². The Labute approximate surface area is 122 Å². The molecule has 0 radical (unpaired) electrons. The molecule has 2 rings (SSSR count). The molecular weight excluding hydrogens is 309 g/mol. The summed E-state index contributed by atoms with van der Waals surface area (Å²) in [6, 6.07) is 3.70. The first kappa shape index (κ1) is 16.0. The van der Waals surface area contributed by atoms with Crippen molar-refractivity contribution in [1.82, 2.24) is 4.90 Å². The number of nitrogens with zero attached hydrogens (tertiary/aromatic N) is 2. The van der Waals surface area contributed by atoms with E-state index in [0.29, 0.717) is 4.90 Å². The van der Waals surface area contributed by atoms with Crippen molar-refractivity contribution in [2.24, 2.45) is 0 Å². The van der Waals surface area contributed by atoms with Crippen LogP contribution in [-0.4, -0.2) is 46.9 Å². The van der Waals surface area contributed by atoms with Gasteiger partial charge in [0.1, 0.15) is 0 Å². The quantitative estimate of drug-likeness (QED) is 0.667. The van der Waals surface area contributed by atoms with Crippen molar-refractivity contribution in [3.05, 3.63) is 39.9 Å². The zero-order chi connectivity index (χ0) is 16.5. The number of halogens is 3. The van der Waals surface area contributed by atoms with E-state index in [2.05, 4.69) is 0 Å². The van der Waals surface area contributed by atoms with Gasteiger partial charge >= 0.3 is 12.3 Å². The van der Waals surface area contributed by atoms with E-state index < -0.39 is 35.9 Å². The van der Waals surface area contributed by atoms with Crippen LogP contribution >= 0.6 is 0 Å². The normalized spacial score (nSPS) is 22.4. The second kappa shape index (κ2) is 5.44. The zero-order valence-electron chi connectivity index (χ0n) is 11.0. The van der Waals surface area contributed by atoms with Crippen LogP contribution in [0.25, 0.3) is 0 Å². The molecule has 1 saturated heterocycles. The van der Waals surface area contributed by atoms with Gasteiger partial charge in [-0.15, -0.1) is 0 Å². The van der Waals surface area contributed by atoms with Gasteiger partial charge in [-0.05, 0) is 17.7 Å². The van der Waals surface area contributed by atoms with Gasteiger partial charge in [0.2, 0.25) is 5.60 Å². The maximum Gasteiger partial charge on any atom is 0.423 e. The van der Waals surface area contributed by atoms with Crippen LogP contribution in [0.3, 0.4) is 0 Å². The highest BCUT2D eigenvalue weighted by atomic mass is 19.4. The summed E-state index contributed by atoms with van der Waals surface area (Å²) in [5.41, 5.74) is -3.58. The van der Waals surface area contributed by atoms with Crippen LogP contribution in [0.4, 0.5) is 23.7 Å². The first-order chi connectivity index (χ1) is 10.2. The molecule has 1 aliphatic heterocycles. The van der Waals surface area contributed by atoms with Gasteiger partial charge < -0.3 is 14.7 Å². The molecule has 1 aromatic carbocycles. The van der Waals surface area contributed by atoms with Crippen LogP contribution in [-0.2, 0) is 10.3 Å². The van der Waals surface area contributed by atoms with Crippen molar-refractivity contribution < 1.29 is 32.7 Å². The number of non-ortho nitro benzene ring substituents is 1. The van der Waals surface area contributed by atoms with Crippen LogP contribution in [0.5, 0.6) is 0 Å². The summed E-state index contributed by atoms with van der Waals surface area (Å²) < 4.78 is 45.4. The number of benzene rings is 1. The number of alkyl halides is 3. The Balaban J connectivity index is 2.46.